The summed E-state index contributed by atoms with van der Waals surface area (Å²) in [7, 11) is 0. The molecule has 0 saturated carbocycles. The Kier molecular flexibility index (Phi) is 5.47. The molecule has 1 aromatic rings. The Balaban J connectivity index is 1.61. The summed E-state index contributed by atoms with van der Waals surface area (Å²) in [6.07, 6.45) is 1.29. The zero-order valence-electron chi connectivity index (χ0n) is 10.5. The highest BCUT2D eigenvalue weighted by atomic mass is 16.5. The van der Waals surface area contributed by atoms with Crippen LogP contribution in [0.15, 0.2) is 18.3 Å². The van der Waals surface area contributed by atoms with Crippen molar-refractivity contribution in [2.45, 2.75) is 12.6 Å². The first-order valence-corrected chi connectivity index (χ1v) is 6.30. The molecule has 0 aromatic carbocycles. The predicted molar refractivity (Wildman–Crippen MR) is 67.0 cm³/mol. The number of aliphatic hydroxyl groups is 1. The van der Waals surface area contributed by atoms with Gasteiger partial charge in [-0.15, -0.1) is 0 Å². The van der Waals surface area contributed by atoms with E-state index in [0.717, 1.165) is 32.0 Å². The van der Waals surface area contributed by atoms with Crippen LogP contribution >= 0.6 is 0 Å². The Morgan fingerprint density at radius 2 is 2.28 bits per heavy atom. The number of rotatable bonds is 6. The van der Waals surface area contributed by atoms with Crippen LogP contribution in [0.1, 0.15) is 5.69 Å². The van der Waals surface area contributed by atoms with Gasteiger partial charge in [-0.2, -0.15) is 10.2 Å². The minimum Gasteiger partial charge on any atom is -0.390 e. The van der Waals surface area contributed by atoms with Crippen molar-refractivity contribution in [3.63, 3.8) is 0 Å². The quantitative estimate of drug-likeness (QED) is 0.695. The molecule has 1 fully saturated rings. The summed E-state index contributed by atoms with van der Waals surface area (Å²) in [5, 5.41) is 20.9. The number of hydrogen-bond acceptors (Lipinski definition) is 6. The molecule has 1 aliphatic rings. The third kappa shape index (κ3) is 4.66. The van der Waals surface area contributed by atoms with Crippen molar-refractivity contribution >= 4 is 0 Å². The Morgan fingerprint density at radius 1 is 1.44 bits per heavy atom. The van der Waals surface area contributed by atoms with E-state index in [-0.39, 0.29) is 6.10 Å². The number of nitrogens with zero attached hydrogens (tertiary/aromatic N) is 3. The molecule has 0 radical (unpaired) electrons. The third-order valence-electron chi connectivity index (χ3n) is 2.89. The molecule has 6 heteroatoms. The van der Waals surface area contributed by atoms with Crippen LogP contribution in [-0.4, -0.2) is 65.7 Å². The van der Waals surface area contributed by atoms with E-state index in [4.69, 9.17) is 4.74 Å². The van der Waals surface area contributed by atoms with Gasteiger partial charge in [-0.25, -0.2) is 0 Å². The second kappa shape index (κ2) is 7.38. The minimum atomic E-state index is -0.361. The topological polar surface area (TPSA) is 70.5 Å². The Morgan fingerprint density at radius 3 is 3.00 bits per heavy atom. The standard InChI is InChI=1S/C12H20N4O2/c17-12(10-16-4-6-18-7-5-16)9-13-8-11-2-1-3-14-15-11/h1-3,12-13,17H,4-10H2. The van der Waals surface area contributed by atoms with Crippen LogP contribution < -0.4 is 5.32 Å². The maximum atomic E-state index is 9.90. The molecule has 1 unspecified atom stereocenters. The monoisotopic (exact) mass is 252 g/mol. The highest BCUT2D eigenvalue weighted by Gasteiger charge is 2.14. The van der Waals surface area contributed by atoms with Gasteiger partial charge in [-0.3, -0.25) is 4.90 Å². The maximum Gasteiger partial charge on any atom is 0.0791 e. The summed E-state index contributed by atoms with van der Waals surface area (Å²) >= 11 is 0. The summed E-state index contributed by atoms with van der Waals surface area (Å²) < 4.78 is 5.27. The second-order valence-electron chi connectivity index (χ2n) is 4.41. The van der Waals surface area contributed by atoms with Crippen molar-refractivity contribution in [1.29, 1.82) is 0 Å². The largest absolute Gasteiger partial charge is 0.390 e. The molecule has 18 heavy (non-hydrogen) atoms. The van der Waals surface area contributed by atoms with Crippen LogP contribution in [0, 0.1) is 0 Å². The molecule has 6 nitrogen and oxygen atoms in total. The van der Waals surface area contributed by atoms with Crippen molar-refractivity contribution in [1.82, 2.24) is 20.4 Å². The van der Waals surface area contributed by atoms with Crippen molar-refractivity contribution in [2.24, 2.45) is 0 Å². The molecule has 2 rings (SSSR count). The normalized spacial score (nSPS) is 18.7. The first-order chi connectivity index (χ1) is 8.84. The van der Waals surface area contributed by atoms with E-state index in [9.17, 15) is 5.11 Å². The fourth-order valence-corrected chi connectivity index (χ4v) is 1.94. The van der Waals surface area contributed by atoms with Gasteiger partial charge in [0.2, 0.25) is 0 Å². The van der Waals surface area contributed by atoms with Crippen molar-refractivity contribution in [3.8, 4) is 0 Å². The van der Waals surface area contributed by atoms with Gasteiger partial charge in [0.05, 0.1) is 25.0 Å². The van der Waals surface area contributed by atoms with Crippen molar-refractivity contribution in [3.05, 3.63) is 24.0 Å². The first-order valence-electron chi connectivity index (χ1n) is 6.30. The molecule has 1 aromatic heterocycles. The molecule has 0 amide bonds. The molecular weight excluding hydrogens is 232 g/mol. The van der Waals surface area contributed by atoms with E-state index in [1.54, 1.807) is 6.20 Å². The highest BCUT2D eigenvalue weighted by molar-refractivity contribution is 4.98. The molecule has 0 aliphatic carbocycles. The molecule has 1 atom stereocenters. The van der Waals surface area contributed by atoms with E-state index >= 15 is 0 Å². The van der Waals surface area contributed by atoms with Gasteiger partial charge >= 0.3 is 0 Å². The van der Waals surface area contributed by atoms with Crippen LogP contribution in [0.5, 0.6) is 0 Å². The van der Waals surface area contributed by atoms with Gasteiger partial charge < -0.3 is 15.2 Å². The van der Waals surface area contributed by atoms with E-state index in [0.29, 0.717) is 19.6 Å². The summed E-state index contributed by atoms with van der Waals surface area (Å²) in [4.78, 5) is 2.22. The summed E-state index contributed by atoms with van der Waals surface area (Å²) in [6, 6.07) is 3.77. The van der Waals surface area contributed by atoms with Crippen molar-refractivity contribution in [2.75, 3.05) is 39.4 Å². The van der Waals surface area contributed by atoms with E-state index < -0.39 is 0 Å². The van der Waals surface area contributed by atoms with Crippen LogP contribution in [0.2, 0.25) is 0 Å². The summed E-state index contributed by atoms with van der Waals surface area (Å²) in [5.74, 6) is 0. The summed E-state index contributed by atoms with van der Waals surface area (Å²) in [5.41, 5.74) is 0.885. The zero-order chi connectivity index (χ0) is 12.6. The lowest BCUT2D eigenvalue weighted by Gasteiger charge is -2.28. The van der Waals surface area contributed by atoms with Gasteiger partial charge in [0.25, 0.3) is 0 Å². The number of β-amino-alcohol motifs (C(OH)–C–C–N with tert-alkyl or cyclic N) is 1. The van der Waals surface area contributed by atoms with Crippen LogP contribution in [0.4, 0.5) is 0 Å². The smallest absolute Gasteiger partial charge is 0.0791 e. The van der Waals surface area contributed by atoms with E-state index in [2.05, 4.69) is 20.4 Å². The molecule has 2 heterocycles. The number of aliphatic hydroxyl groups excluding tert-OH is 1. The van der Waals surface area contributed by atoms with E-state index in [1.807, 2.05) is 12.1 Å². The fraction of sp³-hybridized carbons (Fsp3) is 0.667. The molecular formula is C12H20N4O2. The lowest BCUT2D eigenvalue weighted by Crippen LogP contribution is -2.43. The Bertz CT molecular complexity index is 330. The minimum absolute atomic E-state index is 0.361. The Hall–Kier alpha value is -1.08. The number of hydrogen-bond donors (Lipinski definition) is 2. The number of ether oxygens (including phenoxy) is 1. The average molecular weight is 252 g/mol. The SMILES string of the molecule is OC(CNCc1cccnn1)CN1CCOCC1. The van der Waals surface area contributed by atoms with Gasteiger partial charge in [0.1, 0.15) is 0 Å². The molecule has 0 bridgehead atoms. The van der Waals surface area contributed by atoms with Crippen LogP contribution in [0.25, 0.3) is 0 Å². The maximum absolute atomic E-state index is 9.90. The molecule has 0 spiro atoms. The van der Waals surface area contributed by atoms with Gasteiger partial charge in [-0.05, 0) is 12.1 Å². The lowest BCUT2D eigenvalue weighted by atomic mass is 10.3. The second-order valence-corrected chi connectivity index (χ2v) is 4.41. The van der Waals surface area contributed by atoms with Crippen molar-refractivity contribution < 1.29 is 9.84 Å². The van der Waals surface area contributed by atoms with Gasteiger partial charge in [0, 0.05) is 38.9 Å². The van der Waals surface area contributed by atoms with Gasteiger partial charge in [0.15, 0.2) is 0 Å². The zero-order valence-corrected chi connectivity index (χ0v) is 10.5. The highest BCUT2D eigenvalue weighted by Crippen LogP contribution is 1.98. The molecule has 1 saturated heterocycles. The predicted octanol–water partition coefficient (Wildman–Crippen LogP) is -0.741. The lowest BCUT2D eigenvalue weighted by molar-refractivity contribution is 0.0149. The van der Waals surface area contributed by atoms with Crippen LogP contribution in [0.3, 0.4) is 0 Å². The average Bonchev–Trinajstić information content (AvgIpc) is 2.41. The fourth-order valence-electron chi connectivity index (χ4n) is 1.94. The molecule has 2 N–H and O–H groups in total. The number of morpholine rings is 1. The van der Waals surface area contributed by atoms with Crippen LogP contribution in [-0.2, 0) is 11.3 Å². The number of aromatic nitrogens is 2. The Labute approximate surface area is 107 Å². The molecule has 100 valence electrons. The van der Waals surface area contributed by atoms with E-state index in [1.165, 1.54) is 0 Å². The summed E-state index contributed by atoms with van der Waals surface area (Å²) in [6.45, 7) is 5.22. The first kappa shape index (κ1) is 13.4. The third-order valence-corrected chi connectivity index (χ3v) is 2.89. The molecule has 1 aliphatic heterocycles. The van der Waals surface area contributed by atoms with Gasteiger partial charge in [-0.1, -0.05) is 0 Å². The number of nitrogens with one attached hydrogen (secondary N) is 1.